The van der Waals surface area contributed by atoms with Crippen molar-refractivity contribution in [3.05, 3.63) is 72.3 Å². The molecule has 0 fully saturated rings. The number of benzene rings is 3. The van der Waals surface area contributed by atoms with Crippen LogP contribution in [0.3, 0.4) is 0 Å². The van der Waals surface area contributed by atoms with Crippen molar-refractivity contribution < 1.29 is 9.53 Å². The van der Waals surface area contributed by atoms with Crippen LogP contribution in [0.4, 0.5) is 5.69 Å². The van der Waals surface area contributed by atoms with Gasteiger partial charge in [-0.25, -0.2) is 0 Å². The highest BCUT2D eigenvalue weighted by atomic mass is 16.5. The zero-order chi connectivity index (χ0) is 16.8. The molecule has 1 amide bonds. The lowest BCUT2D eigenvalue weighted by atomic mass is 10.1. The highest BCUT2D eigenvalue weighted by molar-refractivity contribution is 5.90. The molecule has 0 unspecified atom stereocenters. The van der Waals surface area contributed by atoms with Gasteiger partial charge in [0.05, 0.1) is 0 Å². The molecule has 3 aromatic rings. The Labute approximate surface area is 142 Å². The average Bonchev–Trinajstić information content (AvgIpc) is 2.61. The summed E-state index contributed by atoms with van der Waals surface area (Å²) in [5.74, 6) is 0.936. The van der Waals surface area contributed by atoms with Gasteiger partial charge < -0.3 is 10.1 Å². The lowest BCUT2D eigenvalue weighted by Crippen LogP contribution is -2.10. The van der Waals surface area contributed by atoms with Gasteiger partial charge in [-0.15, -0.1) is 0 Å². The smallest absolute Gasteiger partial charge is 0.224 e. The first kappa shape index (κ1) is 16.1. The molecular formula is C21H21NO2. The van der Waals surface area contributed by atoms with Crippen LogP contribution in [0.25, 0.3) is 10.8 Å². The molecule has 0 saturated carbocycles. The molecule has 0 aromatic heterocycles. The van der Waals surface area contributed by atoms with E-state index in [1.165, 1.54) is 5.39 Å². The van der Waals surface area contributed by atoms with Crippen molar-refractivity contribution in [1.29, 1.82) is 0 Å². The Morgan fingerprint density at radius 2 is 1.71 bits per heavy atom. The van der Waals surface area contributed by atoms with Crippen molar-refractivity contribution in [3.8, 4) is 5.75 Å². The molecule has 3 rings (SSSR count). The molecule has 1 N–H and O–H groups in total. The Hall–Kier alpha value is -2.81. The van der Waals surface area contributed by atoms with Crippen LogP contribution in [0.2, 0.25) is 0 Å². The van der Waals surface area contributed by atoms with E-state index in [1.807, 2.05) is 55.5 Å². The molecule has 0 saturated heterocycles. The standard InChI is InChI=1S/C21H21NO2/c1-2-6-21(23)22-18-13-11-16(12-14-18)15-24-20-10-5-8-17-7-3-4-9-19(17)20/h3-5,7-14H,2,6,15H2,1H3,(H,22,23). The van der Waals surface area contributed by atoms with Crippen LogP contribution < -0.4 is 10.1 Å². The van der Waals surface area contributed by atoms with Crippen molar-refractivity contribution in [3.63, 3.8) is 0 Å². The molecule has 0 spiro atoms. The van der Waals surface area contributed by atoms with E-state index in [0.29, 0.717) is 13.0 Å². The molecule has 3 nitrogen and oxygen atoms in total. The third-order valence-electron chi connectivity index (χ3n) is 3.86. The predicted molar refractivity (Wildman–Crippen MR) is 98.3 cm³/mol. The van der Waals surface area contributed by atoms with Gasteiger partial charge in [-0.05, 0) is 35.6 Å². The van der Waals surface area contributed by atoms with Crippen LogP contribution in [0.1, 0.15) is 25.3 Å². The highest BCUT2D eigenvalue weighted by Gasteiger charge is 2.03. The second-order valence-electron chi connectivity index (χ2n) is 5.76. The molecule has 122 valence electrons. The molecule has 0 aliphatic heterocycles. The normalized spacial score (nSPS) is 10.5. The second kappa shape index (κ2) is 7.64. The topological polar surface area (TPSA) is 38.3 Å². The van der Waals surface area contributed by atoms with Crippen molar-refractivity contribution in [2.24, 2.45) is 0 Å². The first-order valence-corrected chi connectivity index (χ1v) is 8.25. The van der Waals surface area contributed by atoms with Crippen LogP contribution >= 0.6 is 0 Å². The van der Waals surface area contributed by atoms with Gasteiger partial charge in [0.15, 0.2) is 0 Å². The van der Waals surface area contributed by atoms with Gasteiger partial charge in [-0.3, -0.25) is 4.79 Å². The average molecular weight is 319 g/mol. The van der Waals surface area contributed by atoms with Gasteiger partial charge in [0, 0.05) is 17.5 Å². The van der Waals surface area contributed by atoms with Gasteiger partial charge in [-0.2, -0.15) is 0 Å². The van der Waals surface area contributed by atoms with Gasteiger partial charge in [0.2, 0.25) is 5.91 Å². The van der Waals surface area contributed by atoms with Crippen LogP contribution in [0.15, 0.2) is 66.7 Å². The number of rotatable bonds is 6. The SMILES string of the molecule is CCCC(=O)Nc1ccc(COc2cccc3ccccc23)cc1. The van der Waals surface area contributed by atoms with Crippen LogP contribution in [0, 0.1) is 0 Å². The quantitative estimate of drug-likeness (QED) is 0.681. The molecule has 0 atom stereocenters. The fourth-order valence-electron chi connectivity index (χ4n) is 2.62. The molecule has 0 aliphatic carbocycles. The largest absolute Gasteiger partial charge is 0.488 e. The summed E-state index contributed by atoms with van der Waals surface area (Å²) in [5.41, 5.74) is 1.89. The van der Waals surface area contributed by atoms with Gasteiger partial charge in [0.25, 0.3) is 0 Å². The summed E-state index contributed by atoms with van der Waals surface area (Å²) in [6.07, 6.45) is 1.40. The second-order valence-corrected chi connectivity index (χ2v) is 5.76. The molecule has 0 radical (unpaired) electrons. The van der Waals surface area contributed by atoms with E-state index in [2.05, 4.69) is 23.5 Å². The number of nitrogens with one attached hydrogen (secondary N) is 1. The summed E-state index contributed by atoms with van der Waals surface area (Å²) in [7, 11) is 0. The minimum Gasteiger partial charge on any atom is -0.488 e. The maximum Gasteiger partial charge on any atom is 0.224 e. The first-order valence-electron chi connectivity index (χ1n) is 8.25. The summed E-state index contributed by atoms with van der Waals surface area (Å²) >= 11 is 0. The molecule has 0 aliphatic rings. The minimum absolute atomic E-state index is 0.0530. The molecule has 0 bridgehead atoms. The number of ether oxygens (including phenoxy) is 1. The van der Waals surface area contributed by atoms with Crippen molar-refractivity contribution in [2.45, 2.75) is 26.4 Å². The Balaban J connectivity index is 1.65. The Bertz CT molecular complexity index is 819. The molecule has 0 heterocycles. The summed E-state index contributed by atoms with van der Waals surface area (Å²) in [5, 5.41) is 5.17. The molecule has 3 heteroatoms. The summed E-state index contributed by atoms with van der Waals surface area (Å²) in [6.45, 7) is 2.49. The van der Waals surface area contributed by atoms with Gasteiger partial charge in [0.1, 0.15) is 12.4 Å². The third kappa shape index (κ3) is 3.93. The lowest BCUT2D eigenvalue weighted by Gasteiger charge is -2.10. The van der Waals surface area contributed by atoms with E-state index < -0.39 is 0 Å². The fourth-order valence-corrected chi connectivity index (χ4v) is 2.62. The van der Waals surface area contributed by atoms with E-state index in [-0.39, 0.29) is 5.91 Å². The zero-order valence-corrected chi connectivity index (χ0v) is 13.8. The number of amides is 1. The number of hydrogen-bond donors (Lipinski definition) is 1. The predicted octanol–water partition coefficient (Wildman–Crippen LogP) is 5.16. The monoisotopic (exact) mass is 319 g/mol. The molecule has 3 aromatic carbocycles. The Morgan fingerprint density at radius 3 is 2.50 bits per heavy atom. The van der Waals surface area contributed by atoms with Crippen LogP contribution in [0.5, 0.6) is 5.75 Å². The van der Waals surface area contributed by atoms with Crippen molar-refractivity contribution >= 4 is 22.4 Å². The zero-order valence-electron chi connectivity index (χ0n) is 13.8. The van der Waals surface area contributed by atoms with E-state index >= 15 is 0 Å². The van der Waals surface area contributed by atoms with Crippen LogP contribution in [-0.2, 0) is 11.4 Å². The number of anilines is 1. The number of fused-ring (bicyclic) bond motifs is 1. The van der Waals surface area contributed by atoms with Crippen LogP contribution in [-0.4, -0.2) is 5.91 Å². The molecular weight excluding hydrogens is 298 g/mol. The van der Waals surface area contributed by atoms with E-state index in [4.69, 9.17) is 4.74 Å². The van der Waals surface area contributed by atoms with Gasteiger partial charge in [-0.1, -0.05) is 55.5 Å². The third-order valence-corrected chi connectivity index (χ3v) is 3.86. The minimum atomic E-state index is 0.0530. The fraction of sp³-hybridized carbons (Fsp3) is 0.190. The lowest BCUT2D eigenvalue weighted by molar-refractivity contribution is -0.116. The Kier molecular flexibility index (Phi) is 5.12. The summed E-state index contributed by atoms with van der Waals surface area (Å²) in [6, 6.07) is 22.0. The number of hydrogen-bond acceptors (Lipinski definition) is 2. The van der Waals surface area contributed by atoms with E-state index in [0.717, 1.165) is 28.8 Å². The summed E-state index contributed by atoms with van der Waals surface area (Å²) < 4.78 is 5.98. The first-order chi connectivity index (χ1) is 11.8. The maximum absolute atomic E-state index is 11.6. The molecule has 24 heavy (non-hydrogen) atoms. The van der Waals surface area contributed by atoms with E-state index in [1.54, 1.807) is 0 Å². The van der Waals surface area contributed by atoms with Gasteiger partial charge >= 0.3 is 0 Å². The summed E-state index contributed by atoms with van der Waals surface area (Å²) in [4.78, 5) is 11.6. The van der Waals surface area contributed by atoms with Crippen molar-refractivity contribution in [1.82, 2.24) is 0 Å². The number of carbonyl (C=O) groups is 1. The highest BCUT2D eigenvalue weighted by Crippen LogP contribution is 2.26. The Morgan fingerprint density at radius 1 is 0.958 bits per heavy atom. The van der Waals surface area contributed by atoms with Crippen molar-refractivity contribution in [2.75, 3.05) is 5.32 Å². The maximum atomic E-state index is 11.6. The van der Waals surface area contributed by atoms with E-state index in [9.17, 15) is 4.79 Å². The number of carbonyl (C=O) groups excluding carboxylic acids is 1.